The second-order valence-electron chi connectivity index (χ2n) is 4.09. The van der Waals surface area contributed by atoms with Crippen LogP contribution >= 0.6 is 11.3 Å². The Labute approximate surface area is 106 Å². The second-order valence-corrected chi connectivity index (χ2v) is 5.23. The predicted molar refractivity (Wildman–Crippen MR) is 69.1 cm³/mol. The van der Waals surface area contributed by atoms with Crippen LogP contribution in [0.15, 0.2) is 6.20 Å². The summed E-state index contributed by atoms with van der Waals surface area (Å²) in [5, 5.41) is 4.41. The Hall–Kier alpha value is -0.940. The van der Waals surface area contributed by atoms with Crippen LogP contribution in [0, 0.1) is 0 Å². The van der Waals surface area contributed by atoms with Gasteiger partial charge >= 0.3 is 5.97 Å². The normalized spacial score (nSPS) is 14.4. The number of nitrogens with one attached hydrogen (secondary N) is 1. The summed E-state index contributed by atoms with van der Waals surface area (Å²) in [6.45, 7) is 6.16. The van der Waals surface area contributed by atoms with Crippen molar-refractivity contribution in [3.05, 3.63) is 16.1 Å². The van der Waals surface area contributed by atoms with E-state index in [2.05, 4.69) is 28.9 Å². The van der Waals surface area contributed by atoms with Crippen molar-refractivity contribution >= 4 is 17.3 Å². The van der Waals surface area contributed by atoms with Crippen LogP contribution in [0.1, 0.15) is 43.1 Å². The van der Waals surface area contributed by atoms with Crippen molar-refractivity contribution in [2.45, 2.75) is 45.7 Å². The van der Waals surface area contributed by atoms with Gasteiger partial charge in [0.05, 0.1) is 19.6 Å². The van der Waals surface area contributed by atoms with Crippen LogP contribution in [-0.4, -0.2) is 24.1 Å². The van der Waals surface area contributed by atoms with Gasteiger partial charge in [0.2, 0.25) is 0 Å². The molecule has 1 aromatic rings. The summed E-state index contributed by atoms with van der Waals surface area (Å²) in [5.41, 5.74) is 0. The van der Waals surface area contributed by atoms with Gasteiger partial charge in [-0.15, -0.1) is 11.3 Å². The summed E-state index contributed by atoms with van der Waals surface area (Å²) >= 11 is 1.72. The molecule has 0 spiro atoms. The van der Waals surface area contributed by atoms with Crippen LogP contribution in [0.4, 0.5) is 0 Å². The molecule has 2 unspecified atom stereocenters. The SMILES string of the molecule is CCc1cnc(C(C)NC(C)CC(=O)OC)s1. The molecule has 1 heterocycles. The molecule has 1 N–H and O–H groups in total. The smallest absolute Gasteiger partial charge is 0.307 e. The minimum atomic E-state index is -0.189. The number of esters is 1. The Kier molecular flexibility index (Phi) is 5.58. The number of nitrogens with zero attached hydrogens (tertiary/aromatic N) is 1. The highest BCUT2D eigenvalue weighted by Gasteiger charge is 2.15. The predicted octanol–water partition coefficient (Wildman–Crippen LogP) is 2.31. The highest BCUT2D eigenvalue weighted by atomic mass is 32.1. The first kappa shape index (κ1) is 14.1. The molecule has 0 saturated carbocycles. The van der Waals surface area contributed by atoms with E-state index in [-0.39, 0.29) is 18.1 Å². The number of hydrogen-bond donors (Lipinski definition) is 1. The van der Waals surface area contributed by atoms with E-state index in [4.69, 9.17) is 0 Å². The maximum atomic E-state index is 11.1. The van der Waals surface area contributed by atoms with Crippen LogP contribution in [0.25, 0.3) is 0 Å². The number of thiazole rings is 1. The van der Waals surface area contributed by atoms with Gasteiger partial charge in [0.25, 0.3) is 0 Å². The van der Waals surface area contributed by atoms with Gasteiger partial charge in [-0.3, -0.25) is 4.79 Å². The van der Waals surface area contributed by atoms with Gasteiger partial charge in [-0.25, -0.2) is 4.98 Å². The number of aryl methyl sites for hydroxylation is 1. The van der Waals surface area contributed by atoms with Crippen LogP contribution in [0.5, 0.6) is 0 Å². The second kappa shape index (κ2) is 6.71. The van der Waals surface area contributed by atoms with Crippen molar-refractivity contribution in [1.82, 2.24) is 10.3 Å². The maximum Gasteiger partial charge on any atom is 0.307 e. The standard InChI is InChI=1S/C12H20N2O2S/c1-5-10-7-13-12(17-10)9(3)14-8(2)6-11(15)16-4/h7-9,14H,5-6H2,1-4H3. The lowest BCUT2D eigenvalue weighted by atomic mass is 10.2. The van der Waals surface area contributed by atoms with E-state index in [9.17, 15) is 4.79 Å². The minimum absolute atomic E-state index is 0.0893. The largest absolute Gasteiger partial charge is 0.469 e. The van der Waals surface area contributed by atoms with Crippen LogP contribution in [0.2, 0.25) is 0 Å². The van der Waals surface area contributed by atoms with E-state index in [1.165, 1.54) is 12.0 Å². The summed E-state index contributed by atoms with van der Waals surface area (Å²) in [4.78, 5) is 16.8. The first-order valence-corrected chi connectivity index (χ1v) is 6.65. The van der Waals surface area contributed by atoms with E-state index in [1.807, 2.05) is 13.1 Å². The monoisotopic (exact) mass is 256 g/mol. The number of carbonyl (C=O) groups is 1. The molecule has 96 valence electrons. The van der Waals surface area contributed by atoms with Gasteiger partial charge in [-0.1, -0.05) is 6.92 Å². The van der Waals surface area contributed by atoms with E-state index < -0.39 is 0 Å². The van der Waals surface area contributed by atoms with Gasteiger partial charge in [0.1, 0.15) is 5.01 Å². The molecule has 0 aliphatic carbocycles. The molecule has 1 aromatic heterocycles. The number of rotatable bonds is 6. The Morgan fingerprint density at radius 1 is 1.59 bits per heavy atom. The maximum absolute atomic E-state index is 11.1. The fraction of sp³-hybridized carbons (Fsp3) is 0.667. The number of aromatic nitrogens is 1. The summed E-state index contributed by atoms with van der Waals surface area (Å²) in [6.07, 6.45) is 3.32. The van der Waals surface area contributed by atoms with Crippen molar-refractivity contribution in [2.24, 2.45) is 0 Å². The third-order valence-corrected chi connectivity index (χ3v) is 3.85. The lowest BCUT2D eigenvalue weighted by Gasteiger charge is -2.17. The van der Waals surface area contributed by atoms with Crippen molar-refractivity contribution in [3.8, 4) is 0 Å². The van der Waals surface area contributed by atoms with Crippen LogP contribution in [0.3, 0.4) is 0 Å². The number of methoxy groups -OCH3 is 1. The van der Waals surface area contributed by atoms with E-state index >= 15 is 0 Å². The summed E-state index contributed by atoms with van der Waals surface area (Å²) < 4.78 is 4.64. The Morgan fingerprint density at radius 2 is 2.29 bits per heavy atom. The first-order valence-electron chi connectivity index (χ1n) is 5.84. The van der Waals surface area contributed by atoms with Crippen LogP contribution in [-0.2, 0) is 16.0 Å². The van der Waals surface area contributed by atoms with Crippen molar-refractivity contribution in [3.63, 3.8) is 0 Å². The van der Waals surface area contributed by atoms with Crippen LogP contribution < -0.4 is 5.32 Å². The fourth-order valence-corrected chi connectivity index (χ4v) is 2.45. The molecule has 4 nitrogen and oxygen atoms in total. The summed E-state index contributed by atoms with van der Waals surface area (Å²) in [5.74, 6) is -0.189. The zero-order valence-electron chi connectivity index (χ0n) is 10.8. The molecule has 0 aromatic carbocycles. The molecule has 2 atom stereocenters. The molecule has 5 heteroatoms. The third-order valence-electron chi connectivity index (χ3n) is 2.53. The molecule has 1 rings (SSSR count). The highest BCUT2D eigenvalue weighted by Crippen LogP contribution is 2.20. The van der Waals surface area contributed by atoms with Crippen molar-refractivity contribution in [2.75, 3.05) is 7.11 Å². The average Bonchev–Trinajstić information content (AvgIpc) is 2.77. The van der Waals surface area contributed by atoms with Gasteiger partial charge < -0.3 is 10.1 Å². The molecular weight excluding hydrogens is 236 g/mol. The molecule has 17 heavy (non-hydrogen) atoms. The zero-order chi connectivity index (χ0) is 12.8. The van der Waals surface area contributed by atoms with Crippen molar-refractivity contribution in [1.29, 1.82) is 0 Å². The van der Waals surface area contributed by atoms with Gasteiger partial charge in [-0.2, -0.15) is 0 Å². The summed E-state index contributed by atoms with van der Waals surface area (Å²) in [6, 6.07) is 0.256. The zero-order valence-corrected chi connectivity index (χ0v) is 11.6. The Balaban J connectivity index is 2.47. The molecule has 0 radical (unpaired) electrons. The van der Waals surface area contributed by atoms with E-state index in [0.717, 1.165) is 11.4 Å². The van der Waals surface area contributed by atoms with E-state index in [0.29, 0.717) is 6.42 Å². The average molecular weight is 256 g/mol. The van der Waals surface area contributed by atoms with Gasteiger partial charge in [0, 0.05) is 17.1 Å². The topological polar surface area (TPSA) is 51.2 Å². The molecule has 0 aliphatic rings. The number of hydrogen-bond acceptors (Lipinski definition) is 5. The molecule has 0 amide bonds. The fourth-order valence-electron chi connectivity index (χ4n) is 1.58. The number of ether oxygens (including phenoxy) is 1. The molecule has 0 aliphatic heterocycles. The lowest BCUT2D eigenvalue weighted by Crippen LogP contribution is -2.31. The Morgan fingerprint density at radius 3 is 2.82 bits per heavy atom. The van der Waals surface area contributed by atoms with Gasteiger partial charge in [-0.05, 0) is 20.3 Å². The Bertz CT molecular complexity index is 365. The lowest BCUT2D eigenvalue weighted by molar-refractivity contribution is -0.141. The van der Waals surface area contributed by atoms with Crippen molar-refractivity contribution < 1.29 is 9.53 Å². The molecule has 0 fully saturated rings. The minimum Gasteiger partial charge on any atom is -0.469 e. The van der Waals surface area contributed by atoms with Gasteiger partial charge in [0.15, 0.2) is 0 Å². The highest BCUT2D eigenvalue weighted by molar-refractivity contribution is 7.11. The summed E-state index contributed by atoms with van der Waals surface area (Å²) in [7, 11) is 1.41. The molecular formula is C12H20N2O2S. The molecule has 0 bridgehead atoms. The van der Waals surface area contributed by atoms with E-state index in [1.54, 1.807) is 11.3 Å². The molecule has 0 saturated heterocycles. The first-order chi connectivity index (χ1) is 8.06. The third kappa shape index (κ3) is 4.44. The number of carbonyl (C=O) groups excluding carboxylic acids is 1. The quantitative estimate of drug-likeness (QED) is 0.794.